The average molecular weight is 334 g/mol. The SMILES string of the molecule is CCNC(=NCCc1cccs1)NC1C2CCOC2C12CCC2. The van der Waals surface area contributed by atoms with Crippen LogP contribution in [0.3, 0.4) is 0 Å². The van der Waals surface area contributed by atoms with E-state index >= 15 is 0 Å². The van der Waals surface area contributed by atoms with E-state index in [0.717, 1.165) is 32.1 Å². The fourth-order valence-electron chi connectivity index (χ4n) is 4.66. The number of aliphatic imine (C=N–C) groups is 1. The molecule has 1 aromatic rings. The van der Waals surface area contributed by atoms with Crippen molar-refractivity contribution < 1.29 is 4.74 Å². The zero-order chi connectivity index (χ0) is 15.7. The Hall–Kier alpha value is -1.07. The molecule has 1 aromatic heterocycles. The fraction of sp³-hybridized carbons (Fsp3) is 0.722. The molecule has 0 amide bonds. The molecule has 2 aliphatic carbocycles. The van der Waals surface area contributed by atoms with Crippen molar-refractivity contribution in [2.75, 3.05) is 19.7 Å². The molecule has 23 heavy (non-hydrogen) atoms. The molecule has 3 fully saturated rings. The lowest BCUT2D eigenvalue weighted by Crippen LogP contribution is -2.72. The van der Waals surface area contributed by atoms with Crippen molar-refractivity contribution in [3.8, 4) is 0 Å². The van der Waals surface area contributed by atoms with Gasteiger partial charge in [-0.15, -0.1) is 11.3 Å². The Balaban J connectivity index is 1.39. The Morgan fingerprint density at radius 1 is 1.48 bits per heavy atom. The topological polar surface area (TPSA) is 45.7 Å². The van der Waals surface area contributed by atoms with Crippen molar-refractivity contribution in [2.24, 2.45) is 16.3 Å². The van der Waals surface area contributed by atoms with E-state index < -0.39 is 0 Å². The summed E-state index contributed by atoms with van der Waals surface area (Å²) < 4.78 is 6.01. The summed E-state index contributed by atoms with van der Waals surface area (Å²) in [6, 6.07) is 4.86. The molecule has 1 spiro atoms. The van der Waals surface area contributed by atoms with E-state index in [0.29, 0.717) is 23.5 Å². The second kappa shape index (κ2) is 6.44. The first-order valence-electron chi connectivity index (χ1n) is 9.02. The number of nitrogens with one attached hydrogen (secondary N) is 2. The molecule has 126 valence electrons. The first-order valence-corrected chi connectivity index (χ1v) is 9.90. The number of fused-ring (bicyclic) bond motifs is 2. The maximum absolute atomic E-state index is 6.01. The van der Waals surface area contributed by atoms with Crippen molar-refractivity contribution in [2.45, 2.75) is 51.2 Å². The summed E-state index contributed by atoms with van der Waals surface area (Å²) >= 11 is 1.82. The Kier molecular flexibility index (Phi) is 4.33. The van der Waals surface area contributed by atoms with Gasteiger partial charge in [-0.25, -0.2) is 0 Å². The molecular weight excluding hydrogens is 306 g/mol. The zero-order valence-corrected chi connectivity index (χ0v) is 14.7. The van der Waals surface area contributed by atoms with Crippen molar-refractivity contribution >= 4 is 17.3 Å². The quantitative estimate of drug-likeness (QED) is 0.643. The zero-order valence-electron chi connectivity index (χ0n) is 13.9. The van der Waals surface area contributed by atoms with Gasteiger partial charge in [0.2, 0.25) is 0 Å². The van der Waals surface area contributed by atoms with Crippen molar-refractivity contribution in [1.29, 1.82) is 0 Å². The first kappa shape index (κ1) is 15.5. The lowest BCUT2D eigenvalue weighted by Gasteiger charge is -2.63. The largest absolute Gasteiger partial charge is 0.377 e. The molecule has 2 saturated carbocycles. The first-order chi connectivity index (χ1) is 11.3. The molecule has 4 rings (SSSR count). The minimum absolute atomic E-state index is 0.408. The van der Waals surface area contributed by atoms with Crippen LogP contribution in [0.2, 0.25) is 0 Å². The standard InChI is InChI=1S/C18H27N3OS/c1-2-19-17(20-10-6-13-5-3-12-23-13)21-15-14-7-11-22-16(14)18(15)8-4-9-18/h3,5,12,14-16H,2,4,6-11H2,1H3,(H2,19,20,21). The van der Waals surface area contributed by atoms with E-state index in [1.54, 1.807) is 0 Å². The van der Waals surface area contributed by atoms with Gasteiger partial charge in [-0.1, -0.05) is 12.5 Å². The van der Waals surface area contributed by atoms with Gasteiger partial charge >= 0.3 is 0 Å². The molecule has 1 aliphatic heterocycles. The molecule has 0 radical (unpaired) electrons. The van der Waals surface area contributed by atoms with E-state index in [1.165, 1.54) is 30.6 Å². The van der Waals surface area contributed by atoms with E-state index in [-0.39, 0.29) is 0 Å². The van der Waals surface area contributed by atoms with E-state index in [1.807, 2.05) is 11.3 Å². The molecule has 2 N–H and O–H groups in total. The highest BCUT2D eigenvalue weighted by atomic mass is 32.1. The molecular formula is C18H27N3OS. The van der Waals surface area contributed by atoms with Crippen LogP contribution < -0.4 is 10.6 Å². The third-order valence-electron chi connectivity index (χ3n) is 5.88. The summed E-state index contributed by atoms with van der Waals surface area (Å²) in [7, 11) is 0. The number of nitrogens with zero attached hydrogens (tertiary/aromatic N) is 1. The van der Waals surface area contributed by atoms with Crippen LogP contribution in [-0.4, -0.2) is 37.8 Å². The summed E-state index contributed by atoms with van der Waals surface area (Å²) in [5.41, 5.74) is 0.408. The number of ether oxygens (including phenoxy) is 1. The van der Waals surface area contributed by atoms with Gasteiger partial charge in [-0.3, -0.25) is 4.99 Å². The predicted octanol–water partition coefficient (Wildman–Crippen LogP) is 2.80. The molecule has 4 nitrogen and oxygen atoms in total. The highest BCUT2D eigenvalue weighted by Gasteiger charge is 2.66. The Morgan fingerprint density at radius 3 is 3.09 bits per heavy atom. The number of rotatable bonds is 5. The van der Waals surface area contributed by atoms with E-state index in [9.17, 15) is 0 Å². The maximum Gasteiger partial charge on any atom is 0.191 e. The summed E-state index contributed by atoms with van der Waals surface area (Å²) in [5, 5.41) is 9.33. The van der Waals surface area contributed by atoms with Crippen molar-refractivity contribution in [3.63, 3.8) is 0 Å². The van der Waals surface area contributed by atoms with Gasteiger partial charge in [0.05, 0.1) is 6.10 Å². The molecule has 5 heteroatoms. The lowest BCUT2D eigenvalue weighted by atomic mass is 9.46. The van der Waals surface area contributed by atoms with Crippen LogP contribution in [0.25, 0.3) is 0 Å². The number of guanidine groups is 1. The predicted molar refractivity (Wildman–Crippen MR) is 95.1 cm³/mol. The monoisotopic (exact) mass is 333 g/mol. The van der Waals surface area contributed by atoms with Gasteiger partial charge in [0.25, 0.3) is 0 Å². The molecule has 0 aromatic carbocycles. The second-order valence-corrected chi connectivity index (χ2v) is 8.07. The normalized spacial score (nSPS) is 31.3. The van der Waals surface area contributed by atoms with Gasteiger partial charge in [-0.05, 0) is 37.6 Å². The van der Waals surface area contributed by atoms with Crippen LogP contribution in [0.15, 0.2) is 22.5 Å². The van der Waals surface area contributed by atoms with Gasteiger partial charge in [0.1, 0.15) is 0 Å². The van der Waals surface area contributed by atoms with Gasteiger partial charge in [-0.2, -0.15) is 0 Å². The van der Waals surface area contributed by atoms with E-state index in [4.69, 9.17) is 9.73 Å². The maximum atomic E-state index is 6.01. The summed E-state index contributed by atoms with van der Waals surface area (Å²) in [6.07, 6.45) is 6.75. The molecule has 2 heterocycles. The number of hydrogen-bond acceptors (Lipinski definition) is 3. The Bertz CT molecular complexity index is 553. The van der Waals surface area contributed by atoms with Crippen LogP contribution in [0.4, 0.5) is 0 Å². The van der Waals surface area contributed by atoms with E-state index in [2.05, 4.69) is 35.1 Å². The van der Waals surface area contributed by atoms with Crippen molar-refractivity contribution in [1.82, 2.24) is 10.6 Å². The molecule has 1 saturated heterocycles. The third kappa shape index (κ3) is 2.68. The van der Waals surface area contributed by atoms with Crippen LogP contribution in [0, 0.1) is 11.3 Å². The van der Waals surface area contributed by atoms with Gasteiger partial charge in [0, 0.05) is 48.4 Å². The minimum Gasteiger partial charge on any atom is -0.377 e. The smallest absolute Gasteiger partial charge is 0.191 e. The molecule has 3 aliphatic rings. The minimum atomic E-state index is 0.408. The molecule has 0 bridgehead atoms. The second-order valence-electron chi connectivity index (χ2n) is 7.04. The number of thiophene rings is 1. The van der Waals surface area contributed by atoms with Crippen LogP contribution in [-0.2, 0) is 11.2 Å². The Labute approximate surface area is 142 Å². The third-order valence-corrected chi connectivity index (χ3v) is 6.82. The summed E-state index contributed by atoms with van der Waals surface area (Å²) in [5.74, 6) is 1.68. The van der Waals surface area contributed by atoms with Crippen LogP contribution >= 0.6 is 11.3 Å². The highest BCUT2D eigenvalue weighted by molar-refractivity contribution is 7.09. The average Bonchev–Trinajstić information content (AvgIpc) is 3.13. The van der Waals surface area contributed by atoms with Crippen LogP contribution in [0.1, 0.15) is 37.5 Å². The Morgan fingerprint density at radius 2 is 2.39 bits per heavy atom. The highest BCUT2D eigenvalue weighted by Crippen LogP contribution is 2.62. The van der Waals surface area contributed by atoms with Gasteiger partial charge < -0.3 is 15.4 Å². The summed E-state index contributed by atoms with van der Waals surface area (Å²) in [4.78, 5) is 6.22. The summed E-state index contributed by atoms with van der Waals surface area (Å²) in [6.45, 7) is 4.84. The lowest BCUT2D eigenvalue weighted by molar-refractivity contribution is -0.171. The van der Waals surface area contributed by atoms with Gasteiger partial charge in [0.15, 0.2) is 5.96 Å². The number of hydrogen-bond donors (Lipinski definition) is 2. The molecule has 3 atom stereocenters. The van der Waals surface area contributed by atoms with Crippen molar-refractivity contribution in [3.05, 3.63) is 22.4 Å². The molecule has 3 unspecified atom stereocenters. The fourth-order valence-corrected chi connectivity index (χ4v) is 5.35. The van der Waals surface area contributed by atoms with Crippen LogP contribution in [0.5, 0.6) is 0 Å².